The molecule has 3 atom stereocenters. The highest BCUT2D eigenvalue weighted by atomic mass is 16.7. The Bertz CT molecular complexity index is 689. The number of hydrogen-bond acceptors (Lipinski definition) is 4. The molecule has 0 radical (unpaired) electrons. The first-order valence-corrected chi connectivity index (χ1v) is 8.67. The van der Waals surface area contributed by atoms with Gasteiger partial charge in [0, 0.05) is 12.1 Å². The van der Waals surface area contributed by atoms with Crippen molar-refractivity contribution < 1.29 is 14.6 Å². The normalized spacial score (nSPS) is 23.4. The summed E-state index contributed by atoms with van der Waals surface area (Å²) < 4.78 is 10.8. The summed E-state index contributed by atoms with van der Waals surface area (Å²) in [6.45, 7) is 0.321. The van der Waals surface area contributed by atoms with Gasteiger partial charge in [0.25, 0.3) is 0 Å². The summed E-state index contributed by atoms with van der Waals surface area (Å²) in [5, 5.41) is 14.1. The summed E-state index contributed by atoms with van der Waals surface area (Å²) in [6.07, 6.45) is 3.77. The van der Waals surface area contributed by atoms with Crippen LogP contribution in [-0.4, -0.2) is 24.0 Å². The molecule has 3 unspecified atom stereocenters. The van der Waals surface area contributed by atoms with Gasteiger partial charge in [0.05, 0.1) is 6.10 Å². The first-order chi connectivity index (χ1) is 11.8. The van der Waals surface area contributed by atoms with E-state index in [1.54, 1.807) is 0 Å². The van der Waals surface area contributed by atoms with Crippen LogP contribution in [0.1, 0.15) is 36.5 Å². The highest BCUT2D eigenvalue weighted by molar-refractivity contribution is 5.44. The minimum absolute atomic E-state index is 0.147. The number of ether oxygens (including phenoxy) is 2. The van der Waals surface area contributed by atoms with E-state index in [2.05, 4.69) is 17.4 Å². The Morgan fingerprint density at radius 1 is 1.04 bits per heavy atom. The zero-order valence-electron chi connectivity index (χ0n) is 13.7. The van der Waals surface area contributed by atoms with Gasteiger partial charge >= 0.3 is 0 Å². The molecule has 2 aliphatic rings. The quantitative estimate of drug-likeness (QED) is 0.886. The predicted octanol–water partition coefficient (Wildman–Crippen LogP) is 3.20. The average molecular weight is 325 g/mol. The molecule has 1 fully saturated rings. The van der Waals surface area contributed by atoms with E-state index in [4.69, 9.17) is 9.47 Å². The zero-order chi connectivity index (χ0) is 16.4. The summed E-state index contributed by atoms with van der Waals surface area (Å²) in [7, 11) is 0. The Balaban J connectivity index is 1.31. The monoisotopic (exact) mass is 325 g/mol. The van der Waals surface area contributed by atoms with Crippen LogP contribution in [0.4, 0.5) is 0 Å². The number of rotatable bonds is 5. The third-order valence-corrected chi connectivity index (χ3v) is 5.02. The number of aryl methyl sites for hydroxylation is 1. The first kappa shape index (κ1) is 15.5. The average Bonchev–Trinajstić information content (AvgIpc) is 3.29. The van der Waals surface area contributed by atoms with Crippen molar-refractivity contribution in [3.8, 4) is 11.5 Å². The fraction of sp³-hybridized carbons (Fsp3) is 0.400. The van der Waals surface area contributed by atoms with Gasteiger partial charge in [-0.05, 0) is 48.9 Å². The maximum Gasteiger partial charge on any atom is 0.231 e. The Hall–Kier alpha value is -2.04. The van der Waals surface area contributed by atoms with Gasteiger partial charge in [-0.2, -0.15) is 0 Å². The second-order valence-corrected chi connectivity index (χ2v) is 6.63. The maximum atomic E-state index is 10.5. The van der Waals surface area contributed by atoms with Crippen molar-refractivity contribution in [2.24, 2.45) is 0 Å². The van der Waals surface area contributed by atoms with Crippen LogP contribution < -0.4 is 14.8 Å². The van der Waals surface area contributed by atoms with E-state index in [0.717, 1.165) is 42.7 Å². The summed E-state index contributed by atoms with van der Waals surface area (Å²) in [5.41, 5.74) is 2.26. The summed E-state index contributed by atoms with van der Waals surface area (Å²) >= 11 is 0. The molecule has 0 amide bonds. The molecule has 0 bridgehead atoms. The molecule has 2 aromatic rings. The molecule has 4 heteroatoms. The minimum atomic E-state index is -0.429. The predicted molar refractivity (Wildman–Crippen MR) is 92.2 cm³/mol. The lowest BCUT2D eigenvalue weighted by Gasteiger charge is -2.20. The second kappa shape index (κ2) is 6.83. The standard InChI is InChI=1S/C20H23NO3/c22-20(15-4-2-1-3-5-15)17-10-9-16(21-17)8-6-14-7-11-18-19(12-14)24-13-23-18/h1-5,7,11-12,16-17,20-22H,6,8-10,13H2. The van der Waals surface area contributed by atoms with Crippen molar-refractivity contribution in [1.82, 2.24) is 5.32 Å². The van der Waals surface area contributed by atoms with Gasteiger partial charge in [0.15, 0.2) is 11.5 Å². The van der Waals surface area contributed by atoms with Crippen LogP contribution in [0.2, 0.25) is 0 Å². The van der Waals surface area contributed by atoms with Crippen LogP contribution in [-0.2, 0) is 6.42 Å². The smallest absolute Gasteiger partial charge is 0.231 e. The molecule has 0 aliphatic carbocycles. The fourth-order valence-electron chi connectivity index (χ4n) is 3.65. The van der Waals surface area contributed by atoms with Crippen molar-refractivity contribution in [3.05, 3.63) is 59.7 Å². The van der Waals surface area contributed by atoms with Gasteiger partial charge in [-0.15, -0.1) is 0 Å². The van der Waals surface area contributed by atoms with Crippen molar-refractivity contribution in [2.75, 3.05) is 6.79 Å². The molecule has 0 saturated carbocycles. The third kappa shape index (κ3) is 3.25. The van der Waals surface area contributed by atoms with Gasteiger partial charge in [-0.1, -0.05) is 36.4 Å². The Kier molecular flexibility index (Phi) is 4.41. The lowest BCUT2D eigenvalue weighted by molar-refractivity contribution is 0.135. The van der Waals surface area contributed by atoms with E-state index in [-0.39, 0.29) is 6.04 Å². The van der Waals surface area contributed by atoms with Gasteiger partial charge in [-0.25, -0.2) is 0 Å². The summed E-state index contributed by atoms with van der Waals surface area (Å²) in [5.74, 6) is 1.69. The lowest BCUT2D eigenvalue weighted by atomic mass is 10.0. The molecule has 4 rings (SSSR count). The fourth-order valence-corrected chi connectivity index (χ4v) is 3.65. The van der Waals surface area contributed by atoms with Gasteiger partial charge in [-0.3, -0.25) is 0 Å². The minimum Gasteiger partial charge on any atom is -0.454 e. The van der Waals surface area contributed by atoms with E-state index >= 15 is 0 Å². The molecular weight excluding hydrogens is 302 g/mol. The van der Waals surface area contributed by atoms with E-state index in [1.165, 1.54) is 5.56 Å². The van der Waals surface area contributed by atoms with Crippen LogP contribution in [0, 0.1) is 0 Å². The van der Waals surface area contributed by atoms with Crippen LogP contribution in [0.15, 0.2) is 48.5 Å². The number of benzene rings is 2. The summed E-state index contributed by atoms with van der Waals surface area (Å²) in [6, 6.07) is 16.7. The topological polar surface area (TPSA) is 50.7 Å². The molecule has 2 aliphatic heterocycles. The summed E-state index contributed by atoms with van der Waals surface area (Å²) in [4.78, 5) is 0. The van der Waals surface area contributed by atoms with Crippen molar-refractivity contribution in [3.63, 3.8) is 0 Å². The highest BCUT2D eigenvalue weighted by Crippen LogP contribution is 2.33. The lowest BCUT2D eigenvalue weighted by Crippen LogP contribution is -2.34. The second-order valence-electron chi connectivity index (χ2n) is 6.63. The van der Waals surface area contributed by atoms with Gasteiger partial charge in [0.1, 0.15) is 0 Å². The van der Waals surface area contributed by atoms with Gasteiger partial charge < -0.3 is 19.9 Å². The number of nitrogens with one attached hydrogen (secondary N) is 1. The SMILES string of the molecule is OC(c1ccccc1)C1CCC(CCc2ccc3c(c2)OCO3)N1. The maximum absolute atomic E-state index is 10.5. The molecule has 1 saturated heterocycles. The molecule has 126 valence electrons. The van der Waals surface area contributed by atoms with E-state index in [1.807, 2.05) is 36.4 Å². The zero-order valence-corrected chi connectivity index (χ0v) is 13.7. The molecule has 0 spiro atoms. The molecule has 2 N–H and O–H groups in total. The van der Waals surface area contributed by atoms with E-state index in [0.29, 0.717) is 12.8 Å². The number of hydrogen-bond donors (Lipinski definition) is 2. The Labute approximate surface area is 142 Å². The number of aliphatic hydroxyl groups is 1. The van der Waals surface area contributed by atoms with Crippen molar-refractivity contribution in [2.45, 2.75) is 43.9 Å². The molecule has 2 aromatic carbocycles. The van der Waals surface area contributed by atoms with Crippen LogP contribution in [0.5, 0.6) is 11.5 Å². The molecule has 2 heterocycles. The largest absolute Gasteiger partial charge is 0.454 e. The molecular formula is C20H23NO3. The van der Waals surface area contributed by atoms with Crippen molar-refractivity contribution >= 4 is 0 Å². The molecule has 4 nitrogen and oxygen atoms in total. The highest BCUT2D eigenvalue weighted by Gasteiger charge is 2.29. The number of aliphatic hydroxyl groups excluding tert-OH is 1. The van der Waals surface area contributed by atoms with Gasteiger partial charge in [0.2, 0.25) is 6.79 Å². The molecule has 24 heavy (non-hydrogen) atoms. The van der Waals surface area contributed by atoms with E-state index < -0.39 is 6.10 Å². The number of fused-ring (bicyclic) bond motifs is 1. The van der Waals surface area contributed by atoms with E-state index in [9.17, 15) is 5.11 Å². The molecule has 0 aromatic heterocycles. The van der Waals surface area contributed by atoms with Crippen LogP contribution >= 0.6 is 0 Å². The Morgan fingerprint density at radius 2 is 1.88 bits per heavy atom. The third-order valence-electron chi connectivity index (χ3n) is 5.02. The first-order valence-electron chi connectivity index (χ1n) is 8.67. The Morgan fingerprint density at radius 3 is 2.75 bits per heavy atom. The van der Waals surface area contributed by atoms with Crippen molar-refractivity contribution in [1.29, 1.82) is 0 Å². The van der Waals surface area contributed by atoms with Crippen LogP contribution in [0.25, 0.3) is 0 Å². The van der Waals surface area contributed by atoms with Crippen LogP contribution in [0.3, 0.4) is 0 Å².